The molecule has 134 valence electrons. The van der Waals surface area contributed by atoms with Crippen molar-refractivity contribution in [1.29, 1.82) is 0 Å². The van der Waals surface area contributed by atoms with Gasteiger partial charge in [-0.15, -0.1) is 0 Å². The molecule has 2 aromatic rings. The normalized spacial score (nSPS) is 14.7. The molecule has 5 heteroatoms. The number of ether oxygens (including phenoxy) is 1. The largest absolute Gasteiger partial charge is 0.377 e. The molecule has 3 rings (SSSR count). The van der Waals surface area contributed by atoms with E-state index in [0.717, 1.165) is 10.5 Å². The molecule has 26 heavy (non-hydrogen) atoms. The summed E-state index contributed by atoms with van der Waals surface area (Å²) in [5.41, 5.74) is 1.23. The van der Waals surface area contributed by atoms with Crippen LogP contribution in [0.5, 0.6) is 0 Å². The highest BCUT2D eigenvalue weighted by atomic mass is 32.2. The van der Waals surface area contributed by atoms with Crippen LogP contribution in [0.4, 0.5) is 0 Å². The van der Waals surface area contributed by atoms with E-state index in [1.807, 2.05) is 74.5 Å². The molecular formula is C21H21NO3S. The van der Waals surface area contributed by atoms with Crippen LogP contribution in [0.25, 0.3) is 5.57 Å². The lowest BCUT2D eigenvalue weighted by atomic mass is 10.1. The van der Waals surface area contributed by atoms with Crippen molar-refractivity contribution in [1.82, 2.24) is 4.90 Å². The van der Waals surface area contributed by atoms with Gasteiger partial charge in [-0.3, -0.25) is 14.5 Å². The van der Waals surface area contributed by atoms with E-state index < -0.39 is 0 Å². The zero-order chi connectivity index (χ0) is 18.5. The summed E-state index contributed by atoms with van der Waals surface area (Å²) in [6.07, 6.45) is 0.0579. The number of hydrogen-bond donors (Lipinski definition) is 0. The van der Waals surface area contributed by atoms with E-state index in [0.29, 0.717) is 17.1 Å². The Bertz CT molecular complexity index is 816. The van der Waals surface area contributed by atoms with Crippen molar-refractivity contribution in [2.24, 2.45) is 0 Å². The molecule has 0 unspecified atom stereocenters. The predicted octanol–water partition coefficient (Wildman–Crippen LogP) is 3.98. The summed E-state index contributed by atoms with van der Waals surface area (Å²) >= 11 is 1.34. The van der Waals surface area contributed by atoms with Crippen molar-refractivity contribution >= 4 is 29.1 Å². The topological polar surface area (TPSA) is 46.6 Å². The predicted molar refractivity (Wildman–Crippen MR) is 103 cm³/mol. The van der Waals surface area contributed by atoms with Gasteiger partial charge in [0, 0.05) is 4.90 Å². The second-order valence-electron chi connectivity index (χ2n) is 6.17. The Hall–Kier alpha value is -2.37. The fourth-order valence-electron chi connectivity index (χ4n) is 2.70. The Morgan fingerprint density at radius 3 is 2.15 bits per heavy atom. The number of imide groups is 1. The monoisotopic (exact) mass is 367 g/mol. The van der Waals surface area contributed by atoms with Crippen LogP contribution >= 0.6 is 11.8 Å². The number of benzene rings is 2. The van der Waals surface area contributed by atoms with Crippen LogP contribution in [-0.2, 0) is 14.3 Å². The number of thioether (sulfide) groups is 1. The standard InChI is InChI=1S/C21H21NO3S/c1-15(2)25-14-13-22-20(23)18(16-9-5-3-6-10-16)19(21(22)24)26-17-11-7-4-8-12-17/h3-12,15H,13-14H2,1-2H3. The molecule has 2 aromatic carbocycles. The third-order valence-electron chi connectivity index (χ3n) is 3.92. The minimum absolute atomic E-state index is 0.0579. The van der Waals surface area contributed by atoms with Crippen LogP contribution in [-0.4, -0.2) is 36.0 Å². The molecule has 4 nitrogen and oxygen atoms in total. The van der Waals surface area contributed by atoms with Crippen LogP contribution in [0.2, 0.25) is 0 Å². The van der Waals surface area contributed by atoms with Crippen LogP contribution in [0.15, 0.2) is 70.5 Å². The minimum atomic E-state index is -0.257. The van der Waals surface area contributed by atoms with Crippen molar-refractivity contribution in [3.05, 3.63) is 71.1 Å². The first kappa shape index (κ1) is 18.4. The molecule has 1 aliphatic rings. The van der Waals surface area contributed by atoms with Gasteiger partial charge in [-0.25, -0.2) is 0 Å². The molecule has 0 spiro atoms. The molecule has 0 aliphatic carbocycles. The molecule has 0 radical (unpaired) electrons. The Morgan fingerprint density at radius 1 is 0.923 bits per heavy atom. The number of carbonyl (C=O) groups is 2. The Kier molecular flexibility index (Phi) is 5.91. The van der Waals surface area contributed by atoms with Gasteiger partial charge in [0.2, 0.25) is 0 Å². The zero-order valence-electron chi connectivity index (χ0n) is 14.8. The third kappa shape index (κ3) is 4.06. The zero-order valence-corrected chi connectivity index (χ0v) is 15.7. The van der Waals surface area contributed by atoms with Gasteiger partial charge in [-0.05, 0) is 31.5 Å². The number of amides is 2. The van der Waals surface area contributed by atoms with Crippen LogP contribution in [0, 0.1) is 0 Å². The molecular weight excluding hydrogens is 346 g/mol. The number of rotatable bonds is 7. The molecule has 0 saturated heterocycles. The molecule has 1 heterocycles. The summed E-state index contributed by atoms with van der Waals surface area (Å²) in [6, 6.07) is 19.0. The lowest BCUT2D eigenvalue weighted by Crippen LogP contribution is -2.35. The van der Waals surface area contributed by atoms with Crippen molar-refractivity contribution in [3.8, 4) is 0 Å². The maximum absolute atomic E-state index is 13.0. The van der Waals surface area contributed by atoms with Gasteiger partial charge in [0.25, 0.3) is 11.8 Å². The molecule has 0 saturated carbocycles. The highest BCUT2D eigenvalue weighted by Crippen LogP contribution is 2.39. The van der Waals surface area contributed by atoms with Gasteiger partial charge in [0.05, 0.1) is 29.7 Å². The second-order valence-corrected chi connectivity index (χ2v) is 7.25. The molecule has 0 aromatic heterocycles. The minimum Gasteiger partial charge on any atom is -0.377 e. The molecule has 0 atom stereocenters. The summed E-state index contributed by atoms with van der Waals surface area (Å²) < 4.78 is 5.52. The molecule has 0 bridgehead atoms. The van der Waals surface area contributed by atoms with Crippen LogP contribution in [0.1, 0.15) is 19.4 Å². The summed E-state index contributed by atoms with van der Waals surface area (Å²) in [5.74, 6) is -0.512. The smallest absolute Gasteiger partial charge is 0.268 e. The summed E-state index contributed by atoms with van der Waals surface area (Å²) in [4.78, 5) is 28.6. The molecule has 0 N–H and O–H groups in total. The molecule has 0 fully saturated rings. The summed E-state index contributed by atoms with van der Waals surface area (Å²) in [6.45, 7) is 4.45. The fourth-order valence-corrected chi connectivity index (χ4v) is 3.73. The van der Waals surface area contributed by atoms with E-state index in [1.165, 1.54) is 16.7 Å². The van der Waals surface area contributed by atoms with Gasteiger partial charge in [-0.1, -0.05) is 60.3 Å². The number of nitrogens with zero attached hydrogens (tertiary/aromatic N) is 1. The fraction of sp³-hybridized carbons (Fsp3) is 0.238. The summed E-state index contributed by atoms with van der Waals surface area (Å²) in [5, 5.41) is 0. The van der Waals surface area contributed by atoms with Crippen molar-refractivity contribution in [2.75, 3.05) is 13.2 Å². The third-order valence-corrected chi connectivity index (χ3v) is 5.01. The lowest BCUT2D eigenvalue weighted by Gasteiger charge is -2.16. The maximum atomic E-state index is 13.0. The molecule has 2 amide bonds. The Labute approximate surface area is 157 Å². The summed E-state index contributed by atoms with van der Waals surface area (Å²) in [7, 11) is 0. The van der Waals surface area contributed by atoms with E-state index in [4.69, 9.17) is 4.74 Å². The maximum Gasteiger partial charge on any atom is 0.268 e. The van der Waals surface area contributed by atoms with Crippen LogP contribution in [0.3, 0.4) is 0 Å². The lowest BCUT2D eigenvalue weighted by molar-refractivity contribution is -0.137. The van der Waals surface area contributed by atoms with Gasteiger partial charge < -0.3 is 4.74 Å². The van der Waals surface area contributed by atoms with E-state index >= 15 is 0 Å². The average molecular weight is 367 g/mol. The number of hydrogen-bond acceptors (Lipinski definition) is 4. The molecule has 1 aliphatic heterocycles. The van der Waals surface area contributed by atoms with E-state index in [9.17, 15) is 9.59 Å². The van der Waals surface area contributed by atoms with Gasteiger partial charge in [0.1, 0.15) is 0 Å². The van der Waals surface area contributed by atoms with E-state index in [1.54, 1.807) is 0 Å². The SMILES string of the molecule is CC(C)OCCN1C(=O)C(Sc2ccccc2)=C(c2ccccc2)C1=O. The van der Waals surface area contributed by atoms with Gasteiger partial charge in [-0.2, -0.15) is 0 Å². The van der Waals surface area contributed by atoms with E-state index in [-0.39, 0.29) is 24.5 Å². The van der Waals surface area contributed by atoms with E-state index in [2.05, 4.69) is 0 Å². The van der Waals surface area contributed by atoms with Crippen molar-refractivity contribution < 1.29 is 14.3 Å². The second kappa shape index (κ2) is 8.34. The quantitative estimate of drug-likeness (QED) is 0.695. The Morgan fingerprint density at radius 2 is 1.54 bits per heavy atom. The Balaban J connectivity index is 1.92. The van der Waals surface area contributed by atoms with Crippen LogP contribution < -0.4 is 0 Å². The number of carbonyl (C=O) groups excluding carboxylic acids is 2. The average Bonchev–Trinajstić information content (AvgIpc) is 2.87. The van der Waals surface area contributed by atoms with Gasteiger partial charge in [0.15, 0.2) is 0 Å². The van der Waals surface area contributed by atoms with Crippen molar-refractivity contribution in [3.63, 3.8) is 0 Å². The highest BCUT2D eigenvalue weighted by molar-refractivity contribution is 8.04. The van der Waals surface area contributed by atoms with Gasteiger partial charge >= 0.3 is 0 Å². The van der Waals surface area contributed by atoms with Crippen molar-refractivity contribution in [2.45, 2.75) is 24.8 Å². The highest BCUT2D eigenvalue weighted by Gasteiger charge is 2.39. The first-order valence-electron chi connectivity index (χ1n) is 8.58. The first-order chi connectivity index (χ1) is 12.6. The first-order valence-corrected chi connectivity index (χ1v) is 9.40.